The third-order valence-electron chi connectivity index (χ3n) is 2.28. The lowest BCUT2D eigenvalue weighted by Crippen LogP contribution is -2.41. The maximum Gasteiger partial charge on any atom is 0.406 e. The van der Waals surface area contributed by atoms with Crippen LogP contribution in [0.1, 0.15) is 27.2 Å². The molecule has 0 aliphatic heterocycles. The van der Waals surface area contributed by atoms with E-state index in [4.69, 9.17) is 5.11 Å². The van der Waals surface area contributed by atoms with Gasteiger partial charge in [0.1, 0.15) is 6.54 Å². The van der Waals surface area contributed by atoms with Crippen molar-refractivity contribution >= 4 is 11.9 Å². The minimum atomic E-state index is -4.47. The summed E-state index contributed by atoms with van der Waals surface area (Å²) < 4.78 is 36.4. The molecule has 4 nitrogen and oxygen atoms in total. The molecule has 0 saturated carbocycles. The number of carbonyl (C=O) groups excluding carboxylic acids is 1. The van der Waals surface area contributed by atoms with Crippen LogP contribution in [0.4, 0.5) is 13.2 Å². The van der Waals surface area contributed by atoms with Gasteiger partial charge in [0.25, 0.3) is 0 Å². The first-order chi connectivity index (χ1) is 7.49. The number of carbonyl (C=O) groups is 2. The van der Waals surface area contributed by atoms with Crippen LogP contribution in [0.15, 0.2) is 0 Å². The highest BCUT2D eigenvalue weighted by Gasteiger charge is 2.36. The molecule has 17 heavy (non-hydrogen) atoms. The Labute approximate surface area is 97.4 Å². The molecule has 1 N–H and O–H groups in total. The Morgan fingerprint density at radius 3 is 2.00 bits per heavy atom. The summed E-state index contributed by atoms with van der Waals surface area (Å²) in [6.07, 6.45) is -4.93. The van der Waals surface area contributed by atoms with E-state index in [1.807, 2.05) is 0 Å². The topological polar surface area (TPSA) is 57.6 Å². The van der Waals surface area contributed by atoms with Gasteiger partial charge in [0, 0.05) is 13.0 Å². The Bertz CT molecular complexity index is 300. The summed E-state index contributed by atoms with van der Waals surface area (Å²) in [4.78, 5) is 22.9. The molecule has 0 aromatic heterocycles. The predicted molar refractivity (Wildman–Crippen MR) is 54.3 cm³/mol. The van der Waals surface area contributed by atoms with Crippen LogP contribution in [0.2, 0.25) is 0 Å². The molecule has 0 unspecified atom stereocenters. The van der Waals surface area contributed by atoms with E-state index < -0.39 is 36.4 Å². The van der Waals surface area contributed by atoms with Crippen LogP contribution in [-0.2, 0) is 9.59 Å². The predicted octanol–water partition coefficient (Wildman–Crippen LogP) is 1.90. The van der Waals surface area contributed by atoms with Gasteiger partial charge in [0.05, 0.1) is 5.41 Å². The number of aliphatic carboxylic acids is 1. The first kappa shape index (κ1) is 15.7. The Balaban J connectivity index is 4.62. The van der Waals surface area contributed by atoms with Crippen molar-refractivity contribution in [1.29, 1.82) is 0 Å². The highest BCUT2D eigenvalue weighted by Crippen LogP contribution is 2.23. The van der Waals surface area contributed by atoms with E-state index in [0.29, 0.717) is 4.90 Å². The molecule has 0 spiro atoms. The zero-order valence-corrected chi connectivity index (χ0v) is 9.97. The summed E-state index contributed by atoms with van der Waals surface area (Å²) in [6.45, 7) is 2.56. The maximum atomic E-state index is 12.1. The SMILES string of the molecule is CCN(CC(F)(F)F)C(=O)CC(C)(C)C(=O)O. The normalized spacial score (nSPS) is 12.4. The number of hydrogen-bond donors (Lipinski definition) is 1. The molecule has 0 atom stereocenters. The Kier molecular flexibility index (Phi) is 4.97. The lowest BCUT2D eigenvalue weighted by molar-refractivity contribution is -0.164. The molecular weight excluding hydrogens is 239 g/mol. The molecule has 0 heterocycles. The summed E-state index contributed by atoms with van der Waals surface area (Å²) in [5.74, 6) is -2.02. The molecule has 0 rings (SSSR count). The summed E-state index contributed by atoms with van der Waals surface area (Å²) in [5, 5.41) is 8.78. The lowest BCUT2D eigenvalue weighted by Gasteiger charge is -2.26. The van der Waals surface area contributed by atoms with Crippen LogP contribution < -0.4 is 0 Å². The standard InChI is InChI=1S/C10H16F3NO3/c1-4-14(6-10(11,12)13)7(15)5-9(2,3)8(16)17/h4-6H2,1-3H3,(H,16,17). The van der Waals surface area contributed by atoms with Crippen molar-refractivity contribution in [3.8, 4) is 0 Å². The Morgan fingerprint density at radius 1 is 1.24 bits per heavy atom. The zero-order chi connectivity index (χ0) is 13.9. The largest absolute Gasteiger partial charge is 0.481 e. The number of hydrogen-bond acceptors (Lipinski definition) is 2. The second-order valence-electron chi connectivity index (χ2n) is 4.39. The minimum Gasteiger partial charge on any atom is -0.481 e. The maximum absolute atomic E-state index is 12.1. The van der Waals surface area contributed by atoms with Gasteiger partial charge in [-0.3, -0.25) is 9.59 Å². The number of nitrogens with zero attached hydrogens (tertiary/aromatic N) is 1. The fraction of sp³-hybridized carbons (Fsp3) is 0.800. The van der Waals surface area contributed by atoms with E-state index >= 15 is 0 Å². The van der Waals surface area contributed by atoms with Crippen LogP contribution in [0, 0.1) is 5.41 Å². The van der Waals surface area contributed by atoms with E-state index in [0.717, 1.165) is 0 Å². The van der Waals surface area contributed by atoms with Crippen molar-refractivity contribution in [2.24, 2.45) is 5.41 Å². The molecular formula is C10H16F3NO3. The first-order valence-corrected chi connectivity index (χ1v) is 5.07. The molecule has 0 radical (unpaired) electrons. The molecule has 0 aliphatic rings. The van der Waals surface area contributed by atoms with E-state index in [9.17, 15) is 22.8 Å². The third-order valence-corrected chi connectivity index (χ3v) is 2.28. The number of alkyl halides is 3. The number of halogens is 3. The third kappa shape index (κ3) is 5.55. The van der Waals surface area contributed by atoms with E-state index in [2.05, 4.69) is 0 Å². The molecule has 1 amide bonds. The van der Waals surface area contributed by atoms with Gasteiger partial charge in [-0.1, -0.05) is 0 Å². The molecule has 0 aromatic carbocycles. The molecule has 100 valence electrons. The van der Waals surface area contributed by atoms with Gasteiger partial charge in [-0.2, -0.15) is 13.2 Å². The Hall–Kier alpha value is -1.27. The van der Waals surface area contributed by atoms with Crippen LogP contribution in [-0.4, -0.2) is 41.1 Å². The molecule has 0 saturated heterocycles. The molecule has 0 aliphatic carbocycles. The number of rotatable bonds is 5. The van der Waals surface area contributed by atoms with Gasteiger partial charge in [0.15, 0.2) is 0 Å². The monoisotopic (exact) mass is 255 g/mol. The van der Waals surface area contributed by atoms with E-state index in [1.165, 1.54) is 20.8 Å². The number of carboxylic acids is 1. The van der Waals surface area contributed by atoms with Gasteiger partial charge in [0.2, 0.25) is 5.91 Å². The first-order valence-electron chi connectivity index (χ1n) is 5.07. The van der Waals surface area contributed by atoms with Crippen LogP contribution >= 0.6 is 0 Å². The highest BCUT2D eigenvalue weighted by atomic mass is 19.4. The van der Waals surface area contributed by atoms with Gasteiger partial charge < -0.3 is 10.0 Å². The fourth-order valence-electron chi connectivity index (χ4n) is 1.16. The summed E-state index contributed by atoms with van der Waals surface area (Å²) >= 11 is 0. The molecule has 0 bridgehead atoms. The second-order valence-corrected chi connectivity index (χ2v) is 4.39. The van der Waals surface area contributed by atoms with Crippen LogP contribution in [0.5, 0.6) is 0 Å². The summed E-state index contributed by atoms with van der Waals surface area (Å²) in [6, 6.07) is 0. The smallest absolute Gasteiger partial charge is 0.406 e. The van der Waals surface area contributed by atoms with Gasteiger partial charge >= 0.3 is 12.1 Å². The van der Waals surface area contributed by atoms with Crippen molar-refractivity contribution in [3.05, 3.63) is 0 Å². The zero-order valence-electron chi connectivity index (χ0n) is 9.97. The summed E-state index contributed by atoms with van der Waals surface area (Å²) in [5.41, 5.74) is -1.36. The van der Waals surface area contributed by atoms with Crippen LogP contribution in [0.25, 0.3) is 0 Å². The quantitative estimate of drug-likeness (QED) is 0.816. The van der Waals surface area contributed by atoms with Gasteiger partial charge in [-0.05, 0) is 20.8 Å². The van der Waals surface area contributed by atoms with Gasteiger partial charge in [-0.15, -0.1) is 0 Å². The van der Waals surface area contributed by atoms with Gasteiger partial charge in [-0.25, -0.2) is 0 Å². The molecule has 0 fully saturated rings. The van der Waals surface area contributed by atoms with Crippen molar-refractivity contribution in [3.63, 3.8) is 0 Å². The lowest BCUT2D eigenvalue weighted by atomic mass is 9.89. The molecule has 7 heteroatoms. The average Bonchev–Trinajstić information content (AvgIpc) is 2.11. The van der Waals surface area contributed by atoms with Crippen molar-refractivity contribution in [2.75, 3.05) is 13.1 Å². The number of amides is 1. The molecule has 0 aromatic rings. The van der Waals surface area contributed by atoms with E-state index in [1.54, 1.807) is 0 Å². The van der Waals surface area contributed by atoms with Crippen molar-refractivity contribution in [1.82, 2.24) is 4.90 Å². The fourth-order valence-corrected chi connectivity index (χ4v) is 1.16. The average molecular weight is 255 g/mol. The van der Waals surface area contributed by atoms with Crippen molar-refractivity contribution < 1.29 is 27.9 Å². The minimum absolute atomic E-state index is 0.103. The Morgan fingerprint density at radius 2 is 1.71 bits per heavy atom. The number of carboxylic acid groups (broad SMARTS) is 1. The van der Waals surface area contributed by atoms with Crippen LogP contribution in [0.3, 0.4) is 0 Å². The van der Waals surface area contributed by atoms with E-state index in [-0.39, 0.29) is 6.54 Å². The van der Waals surface area contributed by atoms with Crippen molar-refractivity contribution in [2.45, 2.75) is 33.4 Å². The highest BCUT2D eigenvalue weighted by molar-refractivity contribution is 5.84. The summed E-state index contributed by atoms with van der Waals surface area (Å²) in [7, 11) is 0. The second kappa shape index (κ2) is 5.37.